The van der Waals surface area contributed by atoms with Gasteiger partial charge in [-0.05, 0) is 29.4 Å². The Labute approximate surface area is 105 Å². The molecule has 1 aromatic carbocycles. The van der Waals surface area contributed by atoms with Gasteiger partial charge in [0, 0.05) is 26.2 Å². The predicted molar refractivity (Wildman–Crippen MR) is 73.4 cm³/mol. The van der Waals surface area contributed by atoms with Crippen LogP contribution < -0.4 is 10.6 Å². The van der Waals surface area contributed by atoms with Gasteiger partial charge in [-0.25, -0.2) is 0 Å². The molecule has 1 aliphatic rings. The lowest BCUT2D eigenvalue weighted by Gasteiger charge is -2.28. The summed E-state index contributed by atoms with van der Waals surface area (Å²) in [6, 6.07) is 9.09. The van der Waals surface area contributed by atoms with Gasteiger partial charge in [0.1, 0.15) is 0 Å². The van der Waals surface area contributed by atoms with E-state index in [1.54, 1.807) is 0 Å². The Morgan fingerprint density at radius 3 is 2.06 bits per heavy atom. The number of aryl methyl sites for hydroxylation is 1. The summed E-state index contributed by atoms with van der Waals surface area (Å²) < 4.78 is 0. The van der Waals surface area contributed by atoms with Gasteiger partial charge in [-0.15, -0.1) is 0 Å². The monoisotopic (exact) mass is 232 g/mol. The molecular weight excluding hydrogens is 208 g/mol. The van der Waals surface area contributed by atoms with Crippen molar-refractivity contribution < 1.29 is 0 Å². The second-order valence-electron chi connectivity index (χ2n) is 5.51. The molecule has 1 fully saturated rings. The fraction of sp³-hybridized carbons (Fsp3) is 0.600. The first kappa shape index (κ1) is 12.6. The van der Waals surface area contributed by atoms with Gasteiger partial charge < -0.3 is 10.6 Å². The van der Waals surface area contributed by atoms with Gasteiger partial charge in [0.05, 0.1) is 0 Å². The molecule has 0 unspecified atom stereocenters. The topological polar surface area (TPSA) is 24.1 Å². The molecule has 2 N–H and O–H groups in total. The Balaban J connectivity index is 2.02. The Kier molecular flexibility index (Phi) is 4.19. The van der Waals surface area contributed by atoms with Crippen molar-refractivity contribution in [2.45, 2.75) is 26.7 Å². The number of nitrogens with one attached hydrogen (secondary N) is 2. The van der Waals surface area contributed by atoms with Gasteiger partial charge >= 0.3 is 0 Å². The lowest BCUT2D eigenvalue weighted by atomic mass is 9.83. The molecule has 2 rings (SSSR count). The van der Waals surface area contributed by atoms with E-state index in [0.29, 0.717) is 5.41 Å². The molecule has 94 valence electrons. The normalized spacial score (nSPS) is 19.9. The molecule has 0 radical (unpaired) electrons. The quantitative estimate of drug-likeness (QED) is 0.833. The zero-order valence-electron chi connectivity index (χ0n) is 11.1. The van der Waals surface area contributed by atoms with Crippen LogP contribution in [0, 0.1) is 5.41 Å². The lowest BCUT2D eigenvalue weighted by Crippen LogP contribution is -2.37. The largest absolute Gasteiger partial charge is 0.315 e. The third-order valence-electron chi connectivity index (χ3n) is 3.64. The van der Waals surface area contributed by atoms with E-state index < -0.39 is 0 Å². The average Bonchev–Trinajstić information content (AvgIpc) is 2.55. The summed E-state index contributed by atoms with van der Waals surface area (Å²) in [6.45, 7) is 8.96. The van der Waals surface area contributed by atoms with E-state index in [0.717, 1.165) is 39.0 Å². The number of rotatable bonds is 3. The average molecular weight is 232 g/mol. The first-order chi connectivity index (χ1) is 8.22. The van der Waals surface area contributed by atoms with Crippen LogP contribution in [-0.2, 0) is 12.8 Å². The molecule has 1 aliphatic heterocycles. The van der Waals surface area contributed by atoms with Crippen LogP contribution in [0.2, 0.25) is 0 Å². The smallest absolute Gasteiger partial charge is 0.00769 e. The van der Waals surface area contributed by atoms with Crippen molar-refractivity contribution in [2.75, 3.05) is 26.2 Å². The van der Waals surface area contributed by atoms with Crippen LogP contribution in [0.15, 0.2) is 24.3 Å². The third-order valence-corrected chi connectivity index (χ3v) is 3.64. The highest BCUT2D eigenvalue weighted by Crippen LogP contribution is 2.22. The van der Waals surface area contributed by atoms with Crippen LogP contribution in [-0.4, -0.2) is 26.2 Å². The van der Waals surface area contributed by atoms with E-state index in [1.807, 2.05) is 0 Å². The lowest BCUT2D eigenvalue weighted by molar-refractivity contribution is 0.315. The zero-order chi connectivity index (χ0) is 12.1. The van der Waals surface area contributed by atoms with Crippen LogP contribution in [0.1, 0.15) is 25.0 Å². The van der Waals surface area contributed by atoms with E-state index in [9.17, 15) is 0 Å². The molecule has 1 aromatic rings. The Bertz CT molecular complexity index is 334. The molecule has 0 aliphatic carbocycles. The van der Waals surface area contributed by atoms with Crippen molar-refractivity contribution in [3.63, 3.8) is 0 Å². The van der Waals surface area contributed by atoms with E-state index in [-0.39, 0.29) is 0 Å². The highest BCUT2D eigenvalue weighted by Gasteiger charge is 2.25. The molecular formula is C15H24N2. The van der Waals surface area contributed by atoms with E-state index in [2.05, 4.69) is 48.7 Å². The molecule has 17 heavy (non-hydrogen) atoms. The molecule has 0 saturated carbocycles. The van der Waals surface area contributed by atoms with Crippen molar-refractivity contribution in [3.05, 3.63) is 35.4 Å². The molecule has 0 amide bonds. The maximum atomic E-state index is 3.52. The van der Waals surface area contributed by atoms with Gasteiger partial charge in [-0.3, -0.25) is 0 Å². The van der Waals surface area contributed by atoms with E-state index in [4.69, 9.17) is 0 Å². The predicted octanol–water partition coefficient (Wildman–Crippen LogP) is 1.99. The molecule has 1 saturated heterocycles. The molecule has 0 bridgehead atoms. The fourth-order valence-electron chi connectivity index (χ4n) is 2.53. The second kappa shape index (κ2) is 5.65. The Morgan fingerprint density at radius 2 is 1.53 bits per heavy atom. The summed E-state index contributed by atoms with van der Waals surface area (Å²) in [4.78, 5) is 0. The summed E-state index contributed by atoms with van der Waals surface area (Å²) in [5.41, 5.74) is 3.22. The first-order valence-electron chi connectivity index (χ1n) is 6.71. The van der Waals surface area contributed by atoms with Gasteiger partial charge in [-0.1, -0.05) is 38.1 Å². The summed E-state index contributed by atoms with van der Waals surface area (Å²) in [7, 11) is 0. The maximum absolute atomic E-state index is 3.52. The summed E-state index contributed by atoms with van der Waals surface area (Å²) >= 11 is 0. The first-order valence-corrected chi connectivity index (χ1v) is 6.71. The van der Waals surface area contributed by atoms with Gasteiger partial charge in [0.2, 0.25) is 0 Å². The Hall–Kier alpha value is -0.860. The molecule has 2 nitrogen and oxygen atoms in total. The molecule has 2 heteroatoms. The standard InChI is InChI=1S/C15H24N2/c1-3-13-4-6-14(7-5-13)10-15(2)11-16-8-9-17-12-15/h4-7,16-17H,3,8-12H2,1-2H3. The van der Waals surface area contributed by atoms with Crippen LogP contribution in [0.5, 0.6) is 0 Å². The second-order valence-corrected chi connectivity index (χ2v) is 5.51. The van der Waals surface area contributed by atoms with Crippen molar-refractivity contribution in [1.29, 1.82) is 0 Å². The van der Waals surface area contributed by atoms with Crippen molar-refractivity contribution in [3.8, 4) is 0 Å². The minimum Gasteiger partial charge on any atom is -0.315 e. The van der Waals surface area contributed by atoms with E-state index >= 15 is 0 Å². The van der Waals surface area contributed by atoms with Gasteiger partial charge in [-0.2, -0.15) is 0 Å². The molecule has 0 atom stereocenters. The molecule has 0 spiro atoms. The summed E-state index contributed by atoms with van der Waals surface area (Å²) in [6.07, 6.45) is 2.28. The van der Waals surface area contributed by atoms with Crippen molar-refractivity contribution in [2.24, 2.45) is 5.41 Å². The zero-order valence-corrected chi connectivity index (χ0v) is 11.1. The maximum Gasteiger partial charge on any atom is 0.00769 e. The molecule has 1 heterocycles. The van der Waals surface area contributed by atoms with Crippen LogP contribution >= 0.6 is 0 Å². The minimum absolute atomic E-state index is 0.338. The highest BCUT2D eigenvalue weighted by molar-refractivity contribution is 5.23. The summed E-state index contributed by atoms with van der Waals surface area (Å²) in [5.74, 6) is 0. The highest BCUT2D eigenvalue weighted by atomic mass is 15.0. The number of hydrogen-bond acceptors (Lipinski definition) is 2. The number of benzene rings is 1. The SMILES string of the molecule is CCc1ccc(CC2(C)CNCCNC2)cc1. The van der Waals surface area contributed by atoms with Crippen LogP contribution in [0.25, 0.3) is 0 Å². The Morgan fingerprint density at radius 1 is 1.00 bits per heavy atom. The van der Waals surface area contributed by atoms with Gasteiger partial charge in [0.15, 0.2) is 0 Å². The van der Waals surface area contributed by atoms with Crippen molar-refractivity contribution in [1.82, 2.24) is 10.6 Å². The van der Waals surface area contributed by atoms with Gasteiger partial charge in [0.25, 0.3) is 0 Å². The third kappa shape index (κ3) is 3.55. The fourth-order valence-corrected chi connectivity index (χ4v) is 2.53. The van der Waals surface area contributed by atoms with Crippen LogP contribution in [0.4, 0.5) is 0 Å². The minimum atomic E-state index is 0.338. The van der Waals surface area contributed by atoms with Crippen LogP contribution in [0.3, 0.4) is 0 Å². The van der Waals surface area contributed by atoms with E-state index in [1.165, 1.54) is 11.1 Å². The van der Waals surface area contributed by atoms with Crippen molar-refractivity contribution >= 4 is 0 Å². The number of hydrogen-bond donors (Lipinski definition) is 2. The molecule has 0 aromatic heterocycles. The summed E-state index contributed by atoms with van der Waals surface area (Å²) in [5, 5.41) is 7.04.